The molecule has 1 aliphatic heterocycles. The Morgan fingerprint density at radius 2 is 2.38 bits per heavy atom. The van der Waals surface area contributed by atoms with Gasteiger partial charge in [0.15, 0.2) is 5.58 Å². The summed E-state index contributed by atoms with van der Waals surface area (Å²) >= 11 is 0. The second kappa shape index (κ2) is 3.07. The van der Waals surface area contributed by atoms with Gasteiger partial charge in [-0.3, -0.25) is 0 Å². The summed E-state index contributed by atoms with van der Waals surface area (Å²) in [6, 6.07) is 3.78. The lowest BCUT2D eigenvalue weighted by atomic mass is 10.1. The molecule has 0 bridgehead atoms. The van der Waals surface area contributed by atoms with Gasteiger partial charge in [-0.1, -0.05) is 11.7 Å². The number of aromatic nitrogens is 1. The second-order valence-corrected chi connectivity index (χ2v) is 4.09. The lowest BCUT2D eigenvalue weighted by molar-refractivity contribution is 0.342. The van der Waals surface area contributed by atoms with E-state index in [1.165, 1.54) is 6.92 Å². The minimum absolute atomic E-state index is 0.371. The normalized spacial score (nSPS) is 16.2. The average molecular weight is 218 g/mol. The van der Waals surface area contributed by atoms with Crippen molar-refractivity contribution in [3.63, 3.8) is 0 Å². The van der Waals surface area contributed by atoms with E-state index in [-0.39, 0.29) is 0 Å². The predicted octanol–water partition coefficient (Wildman–Crippen LogP) is 3.34. The van der Waals surface area contributed by atoms with Crippen LogP contribution in [0.1, 0.15) is 24.4 Å². The molecule has 0 saturated carbocycles. The first-order valence-electron chi connectivity index (χ1n) is 5.16. The van der Waals surface area contributed by atoms with Gasteiger partial charge in [0.1, 0.15) is 11.9 Å². The van der Waals surface area contributed by atoms with Crippen LogP contribution < -0.4 is 5.32 Å². The fourth-order valence-electron chi connectivity index (χ4n) is 2.06. The largest absolute Gasteiger partial charge is 0.359 e. The molecule has 1 N–H and O–H groups in total. The van der Waals surface area contributed by atoms with Gasteiger partial charge < -0.3 is 9.84 Å². The number of fused-ring (bicyclic) bond motifs is 2. The molecule has 0 fully saturated rings. The number of benzene rings is 1. The lowest BCUT2D eigenvalue weighted by Crippen LogP contribution is -1.87. The molecule has 3 rings (SSSR count). The smallest absolute Gasteiger partial charge is 0.169 e. The zero-order valence-corrected chi connectivity index (χ0v) is 8.88. The highest BCUT2D eigenvalue weighted by Gasteiger charge is 2.20. The molecule has 0 amide bonds. The first kappa shape index (κ1) is 9.39. The number of anilines is 1. The van der Waals surface area contributed by atoms with Gasteiger partial charge in [-0.05, 0) is 18.6 Å². The third-order valence-electron chi connectivity index (χ3n) is 2.82. The number of allylic oxidation sites excluding steroid dienone is 1. The van der Waals surface area contributed by atoms with E-state index < -0.39 is 6.17 Å². The Balaban J connectivity index is 2.24. The maximum Gasteiger partial charge on any atom is 0.169 e. The number of nitrogens with zero attached hydrogens (tertiary/aromatic N) is 1. The molecule has 16 heavy (non-hydrogen) atoms. The second-order valence-electron chi connectivity index (χ2n) is 4.09. The van der Waals surface area contributed by atoms with Gasteiger partial charge in [-0.2, -0.15) is 0 Å². The fraction of sp³-hybridized carbons (Fsp3) is 0.250. The summed E-state index contributed by atoms with van der Waals surface area (Å²) in [4.78, 5) is 0. The Morgan fingerprint density at radius 3 is 3.12 bits per heavy atom. The minimum Gasteiger partial charge on any atom is -0.359 e. The number of hydrogen-bond acceptors (Lipinski definition) is 3. The van der Waals surface area contributed by atoms with Gasteiger partial charge in [-0.15, -0.1) is 0 Å². The van der Waals surface area contributed by atoms with Crippen LogP contribution in [-0.2, 0) is 6.42 Å². The molecule has 1 aromatic carbocycles. The van der Waals surface area contributed by atoms with Crippen LogP contribution in [0.3, 0.4) is 0 Å². The van der Waals surface area contributed by atoms with Crippen molar-refractivity contribution in [1.29, 1.82) is 0 Å². The molecule has 3 nitrogen and oxygen atoms in total. The van der Waals surface area contributed by atoms with Crippen LogP contribution >= 0.6 is 0 Å². The summed E-state index contributed by atoms with van der Waals surface area (Å²) in [6.45, 7) is 5.33. The monoisotopic (exact) mass is 218 g/mol. The van der Waals surface area contributed by atoms with Crippen LogP contribution in [0.5, 0.6) is 0 Å². The van der Waals surface area contributed by atoms with Crippen LogP contribution in [0.15, 0.2) is 28.9 Å². The van der Waals surface area contributed by atoms with Crippen LogP contribution in [0.25, 0.3) is 11.0 Å². The predicted molar refractivity (Wildman–Crippen MR) is 60.0 cm³/mol. The van der Waals surface area contributed by atoms with Crippen molar-refractivity contribution in [2.24, 2.45) is 0 Å². The van der Waals surface area contributed by atoms with E-state index in [2.05, 4.69) is 17.1 Å². The molecule has 82 valence electrons. The molecule has 4 heteroatoms. The molecule has 0 aliphatic carbocycles. The number of nitrogens with one attached hydrogen (secondary N) is 1. The van der Waals surface area contributed by atoms with Crippen molar-refractivity contribution in [3.05, 3.63) is 35.7 Å². The maximum absolute atomic E-state index is 13.3. The highest BCUT2D eigenvalue weighted by molar-refractivity contribution is 5.86. The summed E-state index contributed by atoms with van der Waals surface area (Å²) in [6.07, 6.45) is -0.340. The van der Waals surface area contributed by atoms with Crippen molar-refractivity contribution in [2.75, 3.05) is 5.32 Å². The molecule has 0 radical (unpaired) electrons. The Morgan fingerprint density at radius 1 is 1.56 bits per heavy atom. The molecule has 1 atom stereocenters. The van der Waals surface area contributed by atoms with Gasteiger partial charge >= 0.3 is 0 Å². The maximum atomic E-state index is 13.3. The van der Waals surface area contributed by atoms with E-state index in [0.717, 1.165) is 28.8 Å². The number of halogens is 1. The molecule has 1 aliphatic rings. The quantitative estimate of drug-likeness (QED) is 0.797. The van der Waals surface area contributed by atoms with E-state index in [9.17, 15) is 4.39 Å². The highest BCUT2D eigenvalue weighted by atomic mass is 19.1. The van der Waals surface area contributed by atoms with E-state index >= 15 is 0 Å². The summed E-state index contributed by atoms with van der Waals surface area (Å²) in [7, 11) is 0. The third kappa shape index (κ3) is 1.23. The Kier molecular flexibility index (Phi) is 1.80. The van der Waals surface area contributed by atoms with E-state index in [4.69, 9.17) is 4.52 Å². The van der Waals surface area contributed by atoms with Crippen LogP contribution in [-0.4, -0.2) is 5.16 Å². The third-order valence-corrected chi connectivity index (χ3v) is 2.82. The average Bonchev–Trinajstić information content (AvgIpc) is 2.74. The summed E-state index contributed by atoms with van der Waals surface area (Å²) < 4.78 is 18.4. The van der Waals surface area contributed by atoms with Crippen molar-refractivity contribution in [1.82, 2.24) is 5.16 Å². The van der Waals surface area contributed by atoms with Crippen LogP contribution in [0.4, 0.5) is 10.1 Å². The topological polar surface area (TPSA) is 38.1 Å². The van der Waals surface area contributed by atoms with Crippen molar-refractivity contribution >= 4 is 16.7 Å². The number of rotatable bonds is 1. The molecular weight excluding hydrogens is 207 g/mol. The summed E-state index contributed by atoms with van der Waals surface area (Å²) in [5, 5.41) is 7.66. The molecule has 0 spiro atoms. The molecule has 2 heterocycles. The number of hydrogen-bond donors (Lipinski definition) is 1. The van der Waals surface area contributed by atoms with Crippen molar-refractivity contribution in [3.8, 4) is 0 Å². The molecule has 0 saturated heterocycles. The molecular formula is C12H11FN2O. The van der Waals surface area contributed by atoms with Crippen LogP contribution in [0.2, 0.25) is 0 Å². The first-order valence-corrected chi connectivity index (χ1v) is 5.16. The van der Waals surface area contributed by atoms with Gasteiger partial charge in [0.2, 0.25) is 0 Å². The van der Waals surface area contributed by atoms with Crippen molar-refractivity contribution < 1.29 is 8.91 Å². The Bertz CT molecular complexity index is 586. The SMILES string of the molecule is C=C1Cc2cc3c(C(C)F)noc3cc2N1. The van der Waals surface area contributed by atoms with E-state index in [1.807, 2.05) is 12.1 Å². The van der Waals surface area contributed by atoms with Crippen molar-refractivity contribution in [2.45, 2.75) is 19.5 Å². The minimum atomic E-state index is -1.11. The number of alkyl halides is 1. The van der Waals surface area contributed by atoms with Gasteiger partial charge in [0.05, 0.1) is 0 Å². The van der Waals surface area contributed by atoms with Crippen LogP contribution in [0, 0.1) is 0 Å². The Labute approximate surface area is 91.9 Å². The standard InChI is InChI=1S/C12H11FN2O/c1-6-3-8-4-9-11(5-10(8)14-6)16-15-12(9)7(2)13/h4-5,7,14H,1,3H2,2H3. The zero-order chi connectivity index (χ0) is 11.3. The molecule has 1 aromatic heterocycles. The molecule has 1 unspecified atom stereocenters. The molecule has 2 aromatic rings. The van der Waals surface area contributed by atoms with Gasteiger partial charge in [0.25, 0.3) is 0 Å². The summed E-state index contributed by atoms with van der Waals surface area (Å²) in [5.74, 6) is 0. The van der Waals surface area contributed by atoms with E-state index in [0.29, 0.717) is 11.3 Å². The van der Waals surface area contributed by atoms with Gasteiger partial charge in [-0.25, -0.2) is 4.39 Å². The summed E-state index contributed by atoms with van der Waals surface area (Å²) in [5.41, 5.74) is 4.02. The lowest BCUT2D eigenvalue weighted by Gasteiger charge is -1.99. The first-order chi connectivity index (χ1) is 7.65. The van der Waals surface area contributed by atoms with Gasteiger partial charge in [0, 0.05) is 29.3 Å². The fourth-order valence-corrected chi connectivity index (χ4v) is 2.06. The zero-order valence-electron chi connectivity index (χ0n) is 8.88. The highest BCUT2D eigenvalue weighted by Crippen LogP contribution is 2.34. The Hall–Kier alpha value is -1.84. The van der Waals surface area contributed by atoms with E-state index in [1.54, 1.807) is 0 Å².